The molecule has 0 bridgehead atoms. The molecule has 0 aliphatic carbocycles. The molecule has 0 spiro atoms. The van der Waals surface area contributed by atoms with Crippen LogP contribution in [0.4, 0.5) is 5.69 Å². The average Bonchev–Trinajstić information content (AvgIpc) is 3.20. The first kappa shape index (κ1) is 17.4. The maximum atomic E-state index is 12.5. The third-order valence-electron chi connectivity index (χ3n) is 4.65. The maximum absolute atomic E-state index is 12.5. The smallest absolute Gasteiger partial charge is 0.272 e. The number of fused-ring (bicyclic) bond motifs is 1. The van der Waals surface area contributed by atoms with Crippen LogP contribution in [0.2, 0.25) is 0 Å². The molecule has 25 heavy (non-hydrogen) atoms. The van der Waals surface area contributed by atoms with Crippen LogP contribution in [0.25, 0.3) is 0 Å². The van der Waals surface area contributed by atoms with Gasteiger partial charge in [-0.15, -0.1) is 0 Å². The molecule has 2 N–H and O–H groups in total. The monoisotopic (exact) mass is 339 g/mol. The van der Waals surface area contributed by atoms with E-state index in [1.54, 1.807) is 12.3 Å². The molecule has 1 aliphatic heterocycles. The zero-order valence-corrected chi connectivity index (χ0v) is 15.1. The van der Waals surface area contributed by atoms with E-state index < -0.39 is 0 Å². The van der Waals surface area contributed by atoms with Crippen LogP contribution in [-0.4, -0.2) is 28.1 Å². The molecule has 0 atom stereocenters. The lowest BCUT2D eigenvalue weighted by Gasteiger charge is -2.16. The van der Waals surface area contributed by atoms with Crippen LogP contribution < -0.4 is 5.32 Å². The minimum absolute atomic E-state index is 0.0586. The number of carbonyl (C=O) groups is 2. The van der Waals surface area contributed by atoms with Crippen molar-refractivity contribution in [3.8, 4) is 0 Å². The summed E-state index contributed by atoms with van der Waals surface area (Å²) in [4.78, 5) is 29.2. The van der Waals surface area contributed by atoms with Crippen LogP contribution in [0.5, 0.6) is 0 Å². The van der Waals surface area contributed by atoms with Crippen molar-refractivity contribution < 1.29 is 9.59 Å². The first-order valence-corrected chi connectivity index (χ1v) is 8.78. The minimum Gasteiger partial charge on any atom is -0.356 e. The number of H-pyrrole nitrogens is 1. The van der Waals surface area contributed by atoms with E-state index in [0.717, 1.165) is 25.3 Å². The van der Waals surface area contributed by atoms with Crippen LogP contribution in [0.15, 0.2) is 30.5 Å². The topological polar surface area (TPSA) is 65.2 Å². The number of nitrogens with one attached hydrogen (secondary N) is 2. The van der Waals surface area contributed by atoms with Gasteiger partial charge in [-0.05, 0) is 49.1 Å². The number of aromatic amines is 1. The van der Waals surface area contributed by atoms with Crippen molar-refractivity contribution in [2.75, 3.05) is 11.9 Å². The van der Waals surface area contributed by atoms with Gasteiger partial charge in [0.05, 0.1) is 0 Å². The molecule has 1 aliphatic rings. The van der Waals surface area contributed by atoms with Gasteiger partial charge < -0.3 is 10.3 Å². The van der Waals surface area contributed by atoms with Gasteiger partial charge in [0.1, 0.15) is 5.69 Å². The number of anilines is 1. The van der Waals surface area contributed by atoms with Crippen molar-refractivity contribution in [1.82, 2.24) is 9.88 Å². The Labute approximate surface area is 148 Å². The van der Waals surface area contributed by atoms with Crippen LogP contribution in [-0.2, 0) is 13.1 Å². The summed E-state index contributed by atoms with van der Waals surface area (Å²) in [6.07, 6.45) is 2.74. The molecule has 0 saturated carbocycles. The van der Waals surface area contributed by atoms with Crippen molar-refractivity contribution in [2.45, 2.75) is 40.3 Å². The van der Waals surface area contributed by atoms with Gasteiger partial charge in [-0.1, -0.05) is 26.0 Å². The number of ketones is 1. The van der Waals surface area contributed by atoms with Gasteiger partial charge in [0.25, 0.3) is 5.91 Å². The highest BCUT2D eigenvalue weighted by atomic mass is 16.2. The molecular formula is C20H25N3O2. The maximum Gasteiger partial charge on any atom is 0.272 e. The fraction of sp³-hybridized carbons (Fsp3) is 0.400. The van der Waals surface area contributed by atoms with Gasteiger partial charge >= 0.3 is 0 Å². The summed E-state index contributed by atoms with van der Waals surface area (Å²) in [6.45, 7) is 8.82. The number of hydrogen-bond donors (Lipinski definition) is 2. The van der Waals surface area contributed by atoms with Crippen LogP contribution in [0.3, 0.4) is 0 Å². The van der Waals surface area contributed by atoms with Crippen molar-refractivity contribution >= 4 is 17.4 Å². The largest absolute Gasteiger partial charge is 0.356 e. The third kappa shape index (κ3) is 3.99. The lowest BCUT2D eigenvalue weighted by Crippen LogP contribution is -2.19. The second-order valence-corrected chi connectivity index (χ2v) is 7.15. The van der Waals surface area contributed by atoms with E-state index in [9.17, 15) is 9.59 Å². The number of aromatic nitrogens is 1. The van der Waals surface area contributed by atoms with E-state index in [-0.39, 0.29) is 11.7 Å². The summed E-state index contributed by atoms with van der Waals surface area (Å²) in [5.74, 6) is 0.407. The summed E-state index contributed by atoms with van der Waals surface area (Å²) in [6, 6.07) is 7.65. The molecule has 0 saturated heterocycles. The summed E-state index contributed by atoms with van der Waals surface area (Å²) >= 11 is 0. The van der Waals surface area contributed by atoms with E-state index in [1.807, 2.05) is 12.1 Å². The molecule has 1 amide bonds. The standard InChI is InChI=1S/C20H25N3O2/c1-13(2)7-8-23-11-15-5-4-6-18(17(15)12-23)22-20(25)19-9-16(10-21-19)14(3)24/h4-6,9-10,13,21H,7-8,11-12H2,1-3H3,(H,22,25). The summed E-state index contributed by atoms with van der Waals surface area (Å²) in [5, 5.41) is 2.99. The zero-order chi connectivity index (χ0) is 18.0. The first-order chi connectivity index (χ1) is 11.9. The highest BCUT2D eigenvalue weighted by molar-refractivity contribution is 6.05. The Balaban J connectivity index is 1.71. The number of hydrogen-bond acceptors (Lipinski definition) is 3. The molecule has 0 fully saturated rings. The van der Waals surface area contributed by atoms with Crippen molar-refractivity contribution in [1.29, 1.82) is 0 Å². The Kier molecular flexibility index (Phi) is 5.04. The normalized spacial score (nSPS) is 13.9. The predicted octanol–water partition coefficient (Wildman–Crippen LogP) is 3.83. The Morgan fingerprint density at radius 1 is 1.28 bits per heavy atom. The number of benzene rings is 1. The summed E-state index contributed by atoms with van der Waals surface area (Å²) < 4.78 is 0. The Morgan fingerprint density at radius 2 is 2.08 bits per heavy atom. The molecule has 0 unspecified atom stereocenters. The fourth-order valence-electron chi connectivity index (χ4n) is 3.12. The van der Waals surface area contributed by atoms with Gasteiger partial charge in [0, 0.05) is 30.5 Å². The fourth-order valence-corrected chi connectivity index (χ4v) is 3.12. The second-order valence-electron chi connectivity index (χ2n) is 7.15. The lowest BCUT2D eigenvalue weighted by atomic mass is 10.1. The third-order valence-corrected chi connectivity index (χ3v) is 4.65. The van der Waals surface area contributed by atoms with E-state index >= 15 is 0 Å². The molecule has 3 rings (SSSR count). The van der Waals surface area contributed by atoms with Gasteiger partial charge in [0.2, 0.25) is 0 Å². The molecule has 1 aromatic heterocycles. The molecule has 5 heteroatoms. The number of Topliss-reactive ketones (excluding diaryl/α,β-unsaturated/α-hetero) is 1. The van der Waals surface area contributed by atoms with Crippen molar-refractivity contribution in [2.24, 2.45) is 5.92 Å². The quantitative estimate of drug-likeness (QED) is 0.786. The Morgan fingerprint density at radius 3 is 2.76 bits per heavy atom. The van der Waals surface area contributed by atoms with Crippen LogP contribution in [0.1, 0.15) is 59.2 Å². The molecule has 1 aromatic carbocycles. The lowest BCUT2D eigenvalue weighted by molar-refractivity contribution is 0.101. The average molecular weight is 339 g/mol. The van der Waals surface area contributed by atoms with Crippen molar-refractivity contribution in [3.05, 3.63) is 52.8 Å². The molecule has 2 aromatic rings. The van der Waals surface area contributed by atoms with E-state index in [2.05, 4.69) is 35.1 Å². The summed E-state index contributed by atoms with van der Waals surface area (Å²) in [7, 11) is 0. The van der Waals surface area contributed by atoms with E-state index in [4.69, 9.17) is 0 Å². The van der Waals surface area contributed by atoms with Crippen molar-refractivity contribution in [3.63, 3.8) is 0 Å². The predicted molar refractivity (Wildman–Crippen MR) is 98.8 cm³/mol. The van der Waals surface area contributed by atoms with Gasteiger partial charge in [-0.3, -0.25) is 14.5 Å². The van der Waals surface area contributed by atoms with E-state index in [1.165, 1.54) is 24.5 Å². The zero-order valence-electron chi connectivity index (χ0n) is 15.1. The van der Waals surface area contributed by atoms with Crippen LogP contribution in [0, 0.1) is 5.92 Å². The SMILES string of the molecule is CC(=O)c1c[nH]c(C(=O)Nc2cccc3c2CN(CCC(C)C)C3)c1. The van der Waals surface area contributed by atoms with Gasteiger partial charge in [0.15, 0.2) is 5.78 Å². The number of carbonyl (C=O) groups excluding carboxylic acids is 2. The number of amides is 1. The molecule has 5 nitrogen and oxygen atoms in total. The highest BCUT2D eigenvalue weighted by Gasteiger charge is 2.22. The number of rotatable bonds is 6. The molecule has 132 valence electrons. The summed E-state index contributed by atoms with van der Waals surface area (Å²) in [5.41, 5.74) is 4.24. The number of nitrogens with zero attached hydrogens (tertiary/aromatic N) is 1. The first-order valence-electron chi connectivity index (χ1n) is 8.78. The minimum atomic E-state index is -0.221. The Hall–Kier alpha value is -2.40. The van der Waals surface area contributed by atoms with Gasteiger partial charge in [-0.2, -0.15) is 0 Å². The molecule has 0 radical (unpaired) electrons. The second kappa shape index (κ2) is 7.23. The Bertz CT molecular complexity index is 792. The van der Waals surface area contributed by atoms with E-state index in [0.29, 0.717) is 17.2 Å². The van der Waals surface area contributed by atoms with Gasteiger partial charge in [-0.25, -0.2) is 0 Å². The highest BCUT2D eigenvalue weighted by Crippen LogP contribution is 2.30. The molecule has 2 heterocycles. The molecular weight excluding hydrogens is 314 g/mol. The van der Waals surface area contributed by atoms with Crippen LogP contribution >= 0.6 is 0 Å².